The number of alkyl halides is 2. The molecule has 92 valence electrons. The van der Waals surface area contributed by atoms with E-state index in [1.54, 1.807) is 0 Å². The van der Waals surface area contributed by atoms with Gasteiger partial charge in [0.15, 0.2) is 5.78 Å². The van der Waals surface area contributed by atoms with Gasteiger partial charge in [-0.15, -0.1) is 0 Å². The summed E-state index contributed by atoms with van der Waals surface area (Å²) in [5.41, 5.74) is 1.42. The van der Waals surface area contributed by atoms with Crippen molar-refractivity contribution in [1.82, 2.24) is 0 Å². The third-order valence-electron chi connectivity index (χ3n) is 3.62. The van der Waals surface area contributed by atoms with E-state index in [2.05, 4.69) is 62.2 Å². The Morgan fingerprint density at radius 2 is 1.65 bits per heavy atom. The minimum atomic E-state index is -0.173. The van der Waals surface area contributed by atoms with Crippen molar-refractivity contribution in [2.45, 2.75) is 35.3 Å². The van der Waals surface area contributed by atoms with Gasteiger partial charge in [0.1, 0.15) is 3.74 Å². The van der Waals surface area contributed by atoms with Crippen molar-refractivity contribution in [3.05, 3.63) is 35.9 Å². The van der Waals surface area contributed by atoms with Gasteiger partial charge in [-0.1, -0.05) is 62.2 Å². The molecular weight excluding hydrogens is 344 g/mol. The lowest BCUT2D eigenvalue weighted by molar-refractivity contribution is -0.121. The second-order valence-electron chi connectivity index (χ2n) is 4.66. The van der Waals surface area contributed by atoms with Crippen molar-refractivity contribution in [3.63, 3.8) is 0 Å². The molecule has 0 amide bonds. The molecule has 0 aliphatic heterocycles. The first-order valence-electron chi connectivity index (χ1n) is 6.05. The predicted octanol–water partition coefficient (Wildman–Crippen LogP) is 4.65. The van der Waals surface area contributed by atoms with Crippen LogP contribution in [0.4, 0.5) is 0 Å². The standard InChI is InChI=1S/C14H16Br2O/c15-14(16)13(17)12-8-6-11(7-9-12)10-4-2-1-3-5-10/h1-5,11-12,14H,6-9H2/t11-,12-. The highest BCUT2D eigenvalue weighted by Crippen LogP contribution is 2.37. The molecule has 1 fully saturated rings. The van der Waals surface area contributed by atoms with Crippen molar-refractivity contribution in [3.8, 4) is 0 Å². The molecule has 0 saturated heterocycles. The number of carbonyl (C=O) groups is 1. The summed E-state index contributed by atoms with van der Waals surface area (Å²) in [4.78, 5) is 11.8. The van der Waals surface area contributed by atoms with E-state index in [1.807, 2.05) is 0 Å². The fraction of sp³-hybridized carbons (Fsp3) is 0.500. The molecule has 0 spiro atoms. The van der Waals surface area contributed by atoms with Crippen molar-refractivity contribution in [1.29, 1.82) is 0 Å². The molecule has 3 heteroatoms. The van der Waals surface area contributed by atoms with Crippen LogP contribution < -0.4 is 0 Å². The van der Waals surface area contributed by atoms with Gasteiger partial charge in [0, 0.05) is 5.92 Å². The average Bonchev–Trinajstić information content (AvgIpc) is 2.39. The second-order valence-corrected chi connectivity index (χ2v) is 7.72. The molecule has 0 atom stereocenters. The van der Waals surface area contributed by atoms with E-state index in [-0.39, 0.29) is 9.65 Å². The minimum Gasteiger partial charge on any atom is -0.297 e. The van der Waals surface area contributed by atoms with Crippen molar-refractivity contribution >= 4 is 37.6 Å². The van der Waals surface area contributed by atoms with Gasteiger partial charge in [0.05, 0.1) is 0 Å². The zero-order chi connectivity index (χ0) is 12.3. The Morgan fingerprint density at radius 1 is 1.06 bits per heavy atom. The summed E-state index contributed by atoms with van der Waals surface area (Å²) < 4.78 is -0.173. The van der Waals surface area contributed by atoms with E-state index in [9.17, 15) is 4.79 Å². The molecular formula is C14H16Br2O. The van der Waals surface area contributed by atoms with Crippen LogP contribution in [0.25, 0.3) is 0 Å². The molecule has 0 unspecified atom stereocenters. The van der Waals surface area contributed by atoms with Gasteiger partial charge in [-0.25, -0.2) is 0 Å². The first-order chi connectivity index (χ1) is 8.18. The van der Waals surface area contributed by atoms with Gasteiger partial charge in [-0.2, -0.15) is 0 Å². The number of carbonyl (C=O) groups excluding carboxylic acids is 1. The Labute approximate surface area is 119 Å². The summed E-state index contributed by atoms with van der Waals surface area (Å²) in [6.45, 7) is 0. The Morgan fingerprint density at radius 3 is 2.18 bits per heavy atom. The normalized spacial score (nSPS) is 24.9. The molecule has 1 aromatic rings. The maximum absolute atomic E-state index is 11.8. The van der Waals surface area contributed by atoms with Crippen LogP contribution in [0.2, 0.25) is 0 Å². The largest absolute Gasteiger partial charge is 0.297 e. The smallest absolute Gasteiger partial charge is 0.160 e. The predicted molar refractivity (Wildman–Crippen MR) is 77.8 cm³/mol. The van der Waals surface area contributed by atoms with E-state index < -0.39 is 0 Å². The zero-order valence-electron chi connectivity index (χ0n) is 9.61. The van der Waals surface area contributed by atoms with E-state index in [1.165, 1.54) is 5.56 Å². The first-order valence-corrected chi connectivity index (χ1v) is 7.88. The molecule has 1 aliphatic carbocycles. The minimum absolute atomic E-state index is 0.173. The maximum atomic E-state index is 11.8. The number of ketones is 1. The van der Waals surface area contributed by atoms with Gasteiger partial charge in [0.25, 0.3) is 0 Å². The molecule has 0 N–H and O–H groups in total. The highest BCUT2D eigenvalue weighted by Gasteiger charge is 2.29. The lowest BCUT2D eigenvalue weighted by Gasteiger charge is -2.28. The summed E-state index contributed by atoms with van der Waals surface area (Å²) in [7, 11) is 0. The Balaban J connectivity index is 1.93. The van der Waals surface area contributed by atoms with Crippen LogP contribution in [0.5, 0.6) is 0 Å². The Kier molecular flexibility index (Phi) is 4.80. The van der Waals surface area contributed by atoms with E-state index >= 15 is 0 Å². The molecule has 0 heterocycles. The third kappa shape index (κ3) is 3.41. The number of rotatable bonds is 3. The van der Waals surface area contributed by atoms with Crippen LogP contribution in [0.15, 0.2) is 30.3 Å². The lowest BCUT2D eigenvalue weighted by Crippen LogP contribution is -2.24. The number of hydrogen-bond donors (Lipinski definition) is 0. The average molecular weight is 360 g/mol. The molecule has 0 bridgehead atoms. The van der Waals surface area contributed by atoms with E-state index in [0.717, 1.165) is 25.7 Å². The SMILES string of the molecule is O=C(C(Br)Br)[C@H]1CC[C@H](c2ccccc2)CC1. The molecule has 2 rings (SSSR count). The topological polar surface area (TPSA) is 17.1 Å². The van der Waals surface area contributed by atoms with Crippen LogP contribution in [0, 0.1) is 5.92 Å². The number of Topliss-reactive ketones (excluding diaryl/α,β-unsaturated/α-hetero) is 1. The van der Waals surface area contributed by atoms with E-state index in [0.29, 0.717) is 11.7 Å². The van der Waals surface area contributed by atoms with Crippen molar-refractivity contribution in [2.75, 3.05) is 0 Å². The Hall–Kier alpha value is -0.150. The molecule has 1 aromatic carbocycles. The van der Waals surface area contributed by atoms with Crippen LogP contribution in [-0.4, -0.2) is 9.52 Å². The fourth-order valence-corrected chi connectivity index (χ4v) is 3.36. The summed E-state index contributed by atoms with van der Waals surface area (Å²) in [6, 6.07) is 10.6. The molecule has 0 aromatic heterocycles. The van der Waals surface area contributed by atoms with Gasteiger partial charge < -0.3 is 0 Å². The highest BCUT2D eigenvalue weighted by molar-refractivity contribution is 9.25. The van der Waals surface area contributed by atoms with Gasteiger partial charge in [-0.05, 0) is 37.2 Å². The molecule has 1 saturated carbocycles. The van der Waals surface area contributed by atoms with Crippen LogP contribution in [0.1, 0.15) is 37.2 Å². The van der Waals surface area contributed by atoms with Crippen molar-refractivity contribution < 1.29 is 4.79 Å². The second kappa shape index (κ2) is 6.14. The van der Waals surface area contributed by atoms with Crippen LogP contribution in [-0.2, 0) is 4.79 Å². The number of halogens is 2. The Bertz CT molecular complexity index is 367. The lowest BCUT2D eigenvalue weighted by atomic mass is 9.77. The highest BCUT2D eigenvalue weighted by atomic mass is 79.9. The van der Waals surface area contributed by atoms with Crippen LogP contribution in [0.3, 0.4) is 0 Å². The monoisotopic (exact) mass is 358 g/mol. The molecule has 1 nitrogen and oxygen atoms in total. The molecule has 17 heavy (non-hydrogen) atoms. The van der Waals surface area contributed by atoms with Crippen LogP contribution >= 0.6 is 31.9 Å². The van der Waals surface area contributed by atoms with Gasteiger partial charge in [-0.3, -0.25) is 4.79 Å². The summed E-state index contributed by atoms with van der Waals surface area (Å²) in [6.07, 6.45) is 4.30. The first kappa shape index (κ1) is 13.3. The van der Waals surface area contributed by atoms with Crippen molar-refractivity contribution in [2.24, 2.45) is 5.92 Å². The fourth-order valence-electron chi connectivity index (χ4n) is 2.61. The van der Waals surface area contributed by atoms with Gasteiger partial charge >= 0.3 is 0 Å². The maximum Gasteiger partial charge on any atom is 0.160 e. The summed E-state index contributed by atoms with van der Waals surface area (Å²) >= 11 is 6.60. The molecule has 1 aliphatic rings. The number of hydrogen-bond acceptors (Lipinski definition) is 1. The third-order valence-corrected chi connectivity index (χ3v) is 4.52. The zero-order valence-corrected chi connectivity index (χ0v) is 12.8. The van der Waals surface area contributed by atoms with E-state index in [4.69, 9.17) is 0 Å². The quantitative estimate of drug-likeness (QED) is 0.718. The summed E-state index contributed by atoms with van der Waals surface area (Å²) in [5.74, 6) is 1.18. The summed E-state index contributed by atoms with van der Waals surface area (Å²) in [5, 5.41) is 0. The number of benzene rings is 1. The van der Waals surface area contributed by atoms with Gasteiger partial charge in [0.2, 0.25) is 0 Å². The molecule has 0 radical (unpaired) electrons.